The number of aryl methyl sites for hydroxylation is 1. The summed E-state index contributed by atoms with van der Waals surface area (Å²) < 4.78 is 6.31. The summed E-state index contributed by atoms with van der Waals surface area (Å²) in [6.45, 7) is 14.6. The Labute approximate surface area is 158 Å². The molecule has 0 aliphatic rings. The molecule has 0 spiro atoms. The smallest absolute Gasteiger partial charge is 0.306 e. The topological polar surface area (TPSA) is 66.8 Å². The Morgan fingerprint density at radius 2 is 1.84 bits per heavy atom. The van der Waals surface area contributed by atoms with Gasteiger partial charge in [0.05, 0.1) is 17.6 Å². The first-order valence-corrected chi connectivity index (χ1v) is 11.1. The summed E-state index contributed by atoms with van der Waals surface area (Å²) in [6.07, 6.45) is 0.874. The molecule has 0 bridgehead atoms. The largest absolute Gasteiger partial charge is 0.481 e. The van der Waals surface area contributed by atoms with Crippen molar-refractivity contribution in [3.05, 3.63) is 21.9 Å². The molecule has 1 aromatic rings. The van der Waals surface area contributed by atoms with Crippen molar-refractivity contribution in [1.29, 1.82) is 0 Å². The van der Waals surface area contributed by atoms with Gasteiger partial charge < -0.3 is 14.6 Å². The molecule has 0 amide bonds. The highest BCUT2D eigenvalue weighted by atomic mass is 32.1. The summed E-state index contributed by atoms with van der Waals surface area (Å²) in [4.78, 5) is 11.1. The van der Waals surface area contributed by atoms with Gasteiger partial charge in [-0.3, -0.25) is 4.79 Å². The van der Waals surface area contributed by atoms with Gasteiger partial charge in [0.1, 0.15) is 0 Å². The lowest BCUT2D eigenvalue weighted by atomic mass is 9.81. The molecule has 0 saturated carbocycles. The van der Waals surface area contributed by atoms with Crippen molar-refractivity contribution in [3.63, 3.8) is 0 Å². The van der Waals surface area contributed by atoms with Gasteiger partial charge in [-0.2, -0.15) is 11.3 Å². The Bertz CT molecular complexity index is 574. The average molecular weight is 387 g/mol. The number of hydrogen-bond acceptors (Lipinski definition) is 4. The van der Waals surface area contributed by atoms with Gasteiger partial charge in [0.25, 0.3) is 0 Å². The maximum Gasteiger partial charge on any atom is 0.306 e. The quantitative estimate of drug-likeness (QED) is 0.627. The minimum absolute atomic E-state index is 0.108. The minimum atomic E-state index is -1.18. The summed E-state index contributed by atoms with van der Waals surface area (Å²) in [7, 11) is -0.685. The van der Waals surface area contributed by atoms with E-state index in [0.717, 1.165) is 11.1 Å². The molecule has 0 aromatic carbocycles. The first kappa shape index (κ1) is 22.3. The Morgan fingerprint density at radius 1 is 1.24 bits per heavy atom. The van der Waals surface area contributed by atoms with Gasteiger partial charge in [-0.25, -0.2) is 0 Å². The van der Waals surface area contributed by atoms with Gasteiger partial charge in [0.2, 0.25) is 0 Å². The molecule has 1 atom stereocenters. The zero-order chi connectivity index (χ0) is 19.5. The van der Waals surface area contributed by atoms with E-state index in [1.54, 1.807) is 11.3 Å². The van der Waals surface area contributed by atoms with Crippen LogP contribution in [0.1, 0.15) is 72.4 Å². The van der Waals surface area contributed by atoms with Crippen molar-refractivity contribution in [2.75, 3.05) is 0 Å². The number of aliphatic carboxylic acids is 1. The number of hydrogen-bond donors (Lipinski definition) is 2. The average Bonchev–Trinajstić information content (AvgIpc) is 2.91. The van der Waals surface area contributed by atoms with E-state index in [2.05, 4.69) is 45.4 Å². The highest BCUT2D eigenvalue weighted by molar-refractivity contribution is 7.08. The molecule has 25 heavy (non-hydrogen) atoms. The predicted octanol–water partition coefficient (Wildman–Crippen LogP) is 4.10. The fraction of sp³-hybridized carbons (Fsp3) is 0.737. The molecule has 0 aliphatic carbocycles. The number of carboxylic acid groups (broad SMARTS) is 1. The van der Waals surface area contributed by atoms with E-state index < -0.39 is 21.3 Å². The summed E-state index contributed by atoms with van der Waals surface area (Å²) in [5, 5.41) is 24.3. The fourth-order valence-electron chi connectivity index (χ4n) is 2.71. The normalized spacial score (nSPS) is 15.9. The molecule has 144 valence electrons. The van der Waals surface area contributed by atoms with E-state index >= 15 is 0 Å². The second-order valence-electron chi connectivity index (χ2n) is 9.00. The molecule has 1 unspecified atom stereocenters. The Balaban J connectivity index is 2.88. The second kappa shape index (κ2) is 8.33. The van der Waals surface area contributed by atoms with Crippen LogP contribution >= 0.6 is 11.3 Å². The van der Waals surface area contributed by atoms with Crippen LogP contribution in [-0.2, 0) is 21.2 Å². The highest BCUT2D eigenvalue weighted by Gasteiger charge is 2.34. The summed E-state index contributed by atoms with van der Waals surface area (Å²) in [5.74, 6) is -1.06. The standard InChI is InChI=1S/C19H34O4SSi/c1-13(2)19(22,10-16(20)21)9-8-14-11-24-12-15(14)18(6,7)23-25-17(3,4)5/h11-13,22H,8-10,25H2,1-7H3,(H,20,21). The molecule has 0 radical (unpaired) electrons. The van der Waals surface area contributed by atoms with Gasteiger partial charge in [-0.05, 0) is 59.5 Å². The third-order valence-corrected chi connectivity index (χ3v) is 7.14. The molecular formula is C19H34O4SSi. The Kier molecular flexibility index (Phi) is 7.45. The van der Waals surface area contributed by atoms with Gasteiger partial charge in [0.15, 0.2) is 9.76 Å². The van der Waals surface area contributed by atoms with Gasteiger partial charge >= 0.3 is 5.97 Å². The number of carboxylic acids is 1. The number of carbonyl (C=O) groups is 1. The third-order valence-electron chi connectivity index (χ3n) is 4.62. The predicted molar refractivity (Wildman–Crippen MR) is 107 cm³/mol. The number of aliphatic hydroxyl groups is 1. The van der Waals surface area contributed by atoms with E-state index in [-0.39, 0.29) is 23.0 Å². The van der Waals surface area contributed by atoms with Crippen LogP contribution < -0.4 is 0 Å². The molecule has 4 nitrogen and oxygen atoms in total. The van der Waals surface area contributed by atoms with Crippen LogP contribution in [0.2, 0.25) is 5.04 Å². The maximum absolute atomic E-state index is 11.1. The molecule has 1 aromatic heterocycles. The third kappa shape index (κ3) is 6.85. The van der Waals surface area contributed by atoms with Crippen LogP contribution in [0.3, 0.4) is 0 Å². The molecule has 0 aliphatic heterocycles. The van der Waals surface area contributed by atoms with Gasteiger partial charge in [0, 0.05) is 0 Å². The van der Waals surface area contributed by atoms with E-state index in [1.165, 1.54) is 0 Å². The molecule has 1 rings (SSSR count). The Morgan fingerprint density at radius 3 is 2.32 bits per heavy atom. The van der Waals surface area contributed by atoms with Crippen LogP contribution in [0.4, 0.5) is 0 Å². The van der Waals surface area contributed by atoms with E-state index in [9.17, 15) is 9.90 Å². The van der Waals surface area contributed by atoms with E-state index in [1.807, 2.05) is 13.8 Å². The Hall–Kier alpha value is -0.693. The maximum atomic E-state index is 11.1. The highest BCUT2D eigenvalue weighted by Crippen LogP contribution is 2.35. The van der Waals surface area contributed by atoms with Crippen LogP contribution in [0.15, 0.2) is 10.8 Å². The lowest BCUT2D eigenvalue weighted by Crippen LogP contribution is -2.38. The van der Waals surface area contributed by atoms with Crippen molar-refractivity contribution in [2.45, 2.75) is 84.0 Å². The van der Waals surface area contributed by atoms with Crippen molar-refractivity contribution in [3.8, 4) is 0 Å². The lowest BCUT2D eigenvalue weighted by Gasteiger charge is -2.33. The van der Waals surface area contributed by atoms with Crippen LogP contribution in [-0.4, -0.2) is 31.5 Å². The molecule has 2 N–H and O–H groups in total. The van der Waals surface area contributed by atoms with Crippen LogP contribution in [0.25, 0.3) is 0 Å². The molecule has 0 fully saturated rings. The molecule has 0 saturated heterocycles. The summed E-state index contributed by atoms with van der Waals surface area (Å²) >= 11 is 1.64. The number of thiophene rings is 1. The number of rotatable bonds is 9. The van der Waals surface area contributed by atoms with Crippen LogP contribution in [0, 0.1) is 5.92 Å². The zero-order valence-corrected chi connectivity index (χ0v) is 18.9. The summed E-state index contributed by atoms with van der Waals surface area (Å²) in [6, 6.07) is 0. The minimum Gasteiger partial charge on any atom is -0.481 e. The van der Waals surface area contributed by atoms with Crippen molar-refractivity contribution in [1.82, 2.24) is 0 Å². The first-order chi connectivity index (χ1) is 11.3. The zero-order valence-electron chi connectivity index (χ0n) is 16.7. The van der Waals surface area contributed by atoms with E-state index in [4.69, 9.17) is 9.53 Å². The summed E-state index contributed by atoms with van der Waals surface area (Å²) in [5.41, 5.74) is 0.784. The van der Waals surface area contributed by atoms with Crippen molar-refractivity contribution >= 4 is 27.1 Å². The van der Waals surface area contributed by atoms with Crippen LogP contribution in [0.5, 0.6) is 0 Å². The van der Waals surface area contributed by atoms with Gasteiger partial charge in [-0.1, -0.05) is 34.6 Å². The van der Waals surface area contributed by atoms with Crippen molar-refractivity contribution in [2.24, 2.45) is 5.92 Å². The SMILES string of the molecule is CC(C)C(O)(CCc1cscc1C(C)(C)O[SiH2]C(C)(C)C)CC(=O)O. The monoisotopic (exact) mass is 386 g/mol. The molecule has 1 heterocycles. The second-order valence-corrected chi connectivity index (χ2v) is 12.4. The van der Waals surface area contributed by atoms with E-state index in [0.29, 0.717) is 12.8 Å². The lowest BCUT2D eigenvalue weighted by molar-refractivity contribution is -0.145. The fourth-order valence-corrected chi connectivity index (χ4v) is 4.71. The molecular weight excluding hydrogens is 352 g/mol. The first-order valence-electron chi connectivity index (χ1n) is 8.90. The van der Waals surface area contributed by atoms with Crippen molar-refractivity contribution < 1.29 is 19.4 Å². The molecule has 6 heteroatoms. The van der Waals surface area contributed by atoms with Gasteiger partial charge in [-0.15, -0.1) is 0 Å².